The molecule has 2 aromatic rings. The maximum atomic E-state index is 10.8. The van der Waals surface area contributed by atoms with Crippen LogP contribution in [0.15, 0.2) is 41.4 Å². The van der Waals surface area contributed by atoms with E-state index in [1.54, 1.807) is 6.20 Å². The lowest BCUT2D eigenvalue weighted by Gasteiger charge is -2.11. The highest BCUT2D eigenvalue weighted by molar-refractivity contribution is 8.00. The number of hydrogen-bond donors (Lipinski definition) is 2. The van der Waals surface area contributed by atoms with Crippen LogP contribution in [0.5, 0.6) is 0 Å². The van der Waals surface area contributed by atoms with Crippen molar-refractivity contribution >= 4 is 23.4 Å². The topological polar surface area (TPSA) is 72.9 Å². The minimum absolute atomic E-state index is 0.282. The molecule has 2 rings (SSSR count). The van der Waals surface area contributed by atoms with Crippen molar-refractivity contribution in [3.05, 3.63) is 42.2 Å². The van der Waals surface area contributed by atoms with Crippen LogP contribution < -0.4 is 11.1 Å². The normalized spacial score (nSPS) is 10.4. The predicted octanol–water partition coefficient (Wildman–Crippen LogP) is 1.61. The van der Waals surface area contributed by atoms with Crippen LogP contribution in [-0.2, 0) is 18.4 Å². The number of amides is 1. The van der Waals surface area contributed by atoms with Gasteiger partial charge in [0, 0.05) is 23.8 Å². The summed E-state index contributed by atoms with van der Waals surface area (Å²) in [6.45, 7) is 0.685. The number of aryl methyl sites for hydroxylation is 1. The Labute approximate surface area is 116 Å². The molecule has 0 spiro atoms. The number of nitrogens with one attached hydrogen (secondary N) is 1. The van der Waals surface area contributed by atoms with Gasteiger partial charge in [0.25, 0.3) is 0 Å². The molecule has 0 aliphatic carbocycles. The van der Waals surface area contributed by atoms with Crippen LogP contribution in [-0.4, -0.2) is 21.4 Å². The molecule has 0 bridgehead atoms. The SMILES string of the molecule is Cn1nccc1CNc1ccccc1SCC(N)=O. The lowest BCUT2D eigenvalue weighted by Crippen LogP contribution is -2.13. The summed E-state index contributed by atoms with van der Waals surface area (Å²) in [5.41, 5.74) is 7.26. The average molecular weight is 276 g/mol. The fourth-order valence-electron chi connectivity index (χ4n) is 1.65. The minimum atomic E-state index is -0.313. The van der Waals surface area contributed by atoms with Crippen molar-refractivity contribution in [1.82, 2.24) is 9.78 Å². The van der Waals surface area contributed by atoms with Gasteiger partial charge in [0.2, 0.25) is 5.91 Å². The number of thioether (sulfide) groups is 1. The molecule has 0 unspecified atom stereocenters. The number of carbonyl (C=O) groups excluding carboxylic acids is 1. The van der Waals surface area contributed by atoms with Gasteiger partial charge < -0.3 is 11.1 Å². The third-order valence-corrected chi connectivity index (χ3v) is 3.74. The van der Waals surface area contributed by atoms with E-state index in [1.165, 1.54) is 11.8 Å². The molecule has 1 amide bonds. The minimum Gasteiger partial charge on any atom is -0.378 e. The van der Waals surface area contributed by atoms with E-state index in [0.717, 1.165) is 16.3 Å². The van der Waals surface area contributed by atoms with E-state index in [1.807, 2.05) is 42.1 Å². The van der Waals surface area contributed by atoms with Gasteiger partial charge in [0.15, 0.2) is 0 Å². The first kappa shape index (κ1) is 13.5. The number of benzene rings is 1. The largest absolute Gasteiger partial charge is 0.378 e. The van der Waals surface area contributed by atoms with E-state index < -0.39 is 0 Å². The van der Waals surface area contributed by atoms with Gasteiger partial charge in [0.05, 0.1) is 18.0 Å². The second-order valence-corrected chi connectivity index (χ2v) is 5.07. The molecule has 0 atom stereocenters. The monoisotopic (exact) mass is 276 g/mol. The lowest BCUT2D eigenvalue weighted by molar-refractivity contribution is -0.115. The number of hydrogen-bond acceptors (Lipinski definition) is 4. The van der Waals surface area contributed by atoms with Crippen molar-refractivity contribution in [2.75, 3.05) is 11.1 Å². The summed E-state index contributed by atoms with van der Waals surface area (Å²) < 4.78 is 1.83. The molecule has 1 heterocycles. The molecule has 0 saturated carbocycles. The summed E-state index contributed by atoms with van der Waals surface area (Å²) in [5.74, 6) is -0.0313. The Balaban J connectivity index is 2.03. The van der Waals surface area contributed by atoms with Crippen LogP contribution in [0, 0.1) is 0 Å². The first-order chi connectivity index (χ1) is 9.16. The summed E-state index contributed by atoms with van der Waals surface area (Å²) in [5, 5.41) is 7.47. The summed E-state index contributed by atoms with van der Waals surface area (Å²) >= 11 is 1.44. The Hall–Kier alpha value is -1.95. The predicted molar refractivity (Wildman–Crippen MR) is 76.9 cm³/mol. The summed E-state index contributed by atoms with van der Waals surface area (Å²) in [7, 11) is 1.91. The van der Waals surface area contributed by atoms with Gasteiger partial charge in [-0.25, -0.2) is 0 Å². The van der Waals surface area contributed by atoms with Gasteiger partial charge in [-0.1, -0.05) is 12.1 Å². The molecule has 0 fully saturated rings. The van der Waals surface area contributed by atoms with Crippen molar-refractivity contribution in [3.63, 3.8) is 0 Å². The number of anilines is 1. The van der Waals surface area contributed by atoms with E-state index in [9.17, 15) is 4.79 Å². The summed E-state index contributed by atoms with van der Waals surface area (Å²) in [6.07, 6.45) is 1.77. The summed E-state index contributed by atoms with van der Waals surface area (Å²) in [6, 6.07) is 9.82. The van der Waals surface area contributed by atoms with Gasteiger partial charge in [-0.15, -0.1) is 11.8 Å². The zero-order chi connectivity index (χ0) is 13.7. The van der Waals surface area contributed by atoms with Gasteiger partial charge in [-0.05, 0) is 18.2 Å². The molecule has 3 N–H and O–H groups in total. The third kappa shape index (κ3) is 3.75. The van der Waals surface area contributed by atoms with Crippen LogP contribution in [0.4, 0.5) is 5.69 Å². The highest BCUT2D eigenvalue weighted by Crippen LogP contribution is 2.26. The number of nitrogens with zero attached hydrogens (tertiary/aromatic N) is 2. The van der Waals surface area contributed by atoms with Crippen LogP contribution in [0.3, 0.4) is 0 Å². The van der Waals surface area contributed by atoms with E-state index in [2.05, 4.69) is 10.4 Å². The Morgan fingerprint density at radius 1 is 1.42 bits per heavy atom. The molecule has 0 radical (unpaired) electrons. The quantitative estimate of drug-likeness (QED) is 0.786. The molecule has 0 aliphatic rings. The van der Waals surface area contributed by atoms with Gasteiger partial charge in [0.1, 0.15) is 0 Å². The first-order valence-electron chi connectivity index (χ1n) is 5.87. The van der Waals surface area contributed by atoms with Crippen molar-refractivity contribution in [2.24, 2.45) is 12.8 Å². The van der Waals surface area contributed by atoms with Crippen LogP contribution in [0.25, 0.3) is 0 Å². The molecule has 1 aromatic heterocycles. The Kier molecular flexibility index (Phi) is 4.46. The molecule has 0 saturated heterocycles. The highest BCUT2D eigenvalue weighted by Gasteiger charge is 2.05. The van der Waals surface area contributed by atoms with Crippen LogP contribution in [0.2, 0.25) is 0 Å². The number of rotatable bonds is 6. The second kappa shape index (κ2) is 6.29. The molecule has 0 aliphatic heterocycles. The van der Waals surface area contributed by atoms with Crippen molar-refractivity contribution < 1.29 is 4.79 Å². The molecular formula is C13H16N4OS. The maximum Gasteiger partial charge on any atom is 0.227 e. The fraction of sp³-hybridized carbons (Fsp3) is 0.231. The molecular weight excluding hydrogens is 260 g/mol. The maximum absolute atomic E-state index is 10.8. The second-order valence-electron chi connectivity index (χ2n) is 4.05. The van der Waals surface area contributed by atoms with Crippen LogP contribution in [0.1, 0.15) is 5.69 Å². The van der Waals surface area contributed by atoms with E-state index in [-0.39, 0.29) is 11.7 Å². The molecule has 19 heavy (non-hydrogen) atoms. The van der Waals surface area contributed by atoms with Crippen LogP contribution >= 0.6 is 11.8 Å². The lowest BCUT2D eigenvalue weighted by atomic mass is 10.3. The van der Waals surface area contributed by atoms with Gasteiger partial charge >= 0.3 is 0 Å². The first-order valence-corrected chi connectivity index (χ1v) is 6.86. The van der Waals surface area contributed by atoms with Crippen molar-refractivity contribution in [3.8, 4) is 0 Å². The number of carbonyl (C=O) groups is 1. The Morgan fingerprint density at radius 2 is 2.21 bits per heavy atom. The molecule has 100 valence electrons. The highest BCUT2D eigenvalue weighted by atomic mass is 32.2. The zero-order valence-corrected chi connectivity index (χ0v) is 11.5. The smallest absolute Gasteiger partial charge is 0.227 e. The van der Waals surface area contributed by atoms with Gasteiger partial charge in [-0.2, -0.15) is 5.10 Å². The fourth-order valence-corrected chi connectivity index (χ4v) is 2.42. The van der Waals surface area contributed by atoms with E-state index in [4.69, 9.17) is 5.73 Å². The summed E-state index contributed by atoms with van der Waals surface area (Å²) in [4.78, 5) is 11.9. The number of primary amides is 1. The number of aromatic nitrogens is 2. The van der Waals surface area contributed by atoms with E-state index in [0.29, 0.717) is 6.54 Å². The Morgan fingerprint density at radius 3 is 2.89 bits per heavy atom. The third-order valence-electron chi connectivity index (χ3n) is 2.64. The zero-order valence-electron chi connectivity index (χ0n) is 10.7. The van der Waals surface area contributed by atoms with Crippen molar-refractivity contribution in [2.45, 2.75) is 11.4 Å². The number of nitrogens with two attached hydrogens (primary N) is 1. The van der Waals surface area contributed by atoms with Crippen molar-refractivity contribution in [1.29, 1.82) is 0 Å². The van der Waals surface area contributed by atoms with Gasteiger partial charge in [-0.3, -0.25) is 9.48 Å². The molecule has 1 aromatic carbocycles. The molecule has 5 nitrogen and oxygen atoms in total. The standard InChI is InChI=1S/C13H16N4OS/c1-17-10(6-7-16-17)8-15-11-4-2-3-5-12(11)19-9-13(14)18/h2-7,15H,8-9H2,1H3,(H2,14,18). The number of para-hydroxylation sites is 1. The Bertz CT molecular complexity index is 567. The average Bonchev–Trinajstić information content (AvgIpc) is 2.80. The molecule has 6 heteroatoms. The van der Waals surface area contributed by atoms with E-state index >= 15 is 0 Å².